The number of aliphatic hydroxyl groups is 1. The van der Waals surface area contributed by atoms with Crippen molar-refractivity contribution in [1.29, 1.82) is 0 Å². The van der Waals surface area contributed by atoms with Crippen LogP contribution in [0.15, 0.2) is 24.3 Å². The average Bonchev–Trinajstić information content (AvgIpc) is 2.35. The Balaban J connectivity index is 2.76. The molecule has 0 aromatic heterocycles. The first-order chi connectivity index (χ1) is 9.51. The third-order valence-electron chi connectivity index (χ3n) is 2.89. The van der Waals surface area contributed by atoms with Crippen LogP contribution in [0.3, 0.4) is 0 Å². The van der Waals surface area contributed by atoms with Gasteiger partial charge in [-0.15, -0.1) is 0 Å². The summed E-state index contributed by atoms with van der Waals surface area (Å²) in [6, 6.07) is 8.30. The molecule has 1 N–H and O–H groups in total. The lowest BCUT2D eigenvalue weighted by Crippen LogP contribution is -2.30. The highest BCUT2D eigenvalue weighted by atomic mass is 16.2. The molecule has 20 heavy (non-hydrogen) atoms. The van der Waals surface area contributed by atoms with Crippen molar-refractivity contribution >= 4 is 0 Å². The Kier molecular flexibility index (Phi) is 7.36. The van der Waals surface area contributed by atoms with E-state index in [1.54, 1.807) is 0 Å². The Morgan fingerprint density at radius 3 is 2.30 bits per heavy atom. The summed E-state index contributed by atoms with van der Waals surface area (Å²) in [5, 5.41) is 8.76. The molecular weight excluding hydrogens is 246 g/mol. The molecule has 0 spiro atoms. The number of benzene rings is 1. The lowest BCUT2D eigenvalue weighted by atomic mass is 10.1. The molecule has 2 nitrogen and oxygen atoms in total. The van der Waals surface area contributed by atoms with Crippen molar-refractivity contribution in [3.8, 4) is 11.8 Å². The van der Waals surface area contributed by atoms with Crippen molar-refractivity contribution in [2.45, 2.75) is 34.2 Å². The van der Waals surface area contributed by atoms with Crippen LogP contribution < -0.4 is 0 Å². The molecule has 0 saturated heterocycles. The zero-order valence-corrected chi connectivity index (χ0v) is 13.2. The number of rotatable bonds is 6. The highest BCUT2D eigenvalue weighted by molar-refractivity contribution is 5.37. The van der Waals surface area contributed by atoms with E-state index in [1.165, 1.54) is 5.56 Å². The molecule has 1 rings (SSSR count). The Morgan fingerprint density at radius 1 is 1.10 bits per heavy atom. The molecule has 0 fully saturated rings. The maximum atomic E-state index is 8.76. The minimum atomic E-state index is -0.0863. The highest BCUT2D eigenvalue weighted by Crippen LogP contribution is 2.11. The molecule has 110 valence electrons. The van der Waals surface area contributed by atoms with Gasteiger partial charge >= 0.3 is 0 Å². The molecule has 0 bridgehead atoms. The van der Waals surface area contributed by atoms with Gasteiger partial charge in [0.05, 0.1) is 0 Å². The highest BCUT2D eigenvalue weighted by Gasteiger charge is 2.10. The summed E-state index contributed by atoms with van der Waals surface area (Å²) in [5.74, 6) is 7.02. The van der Waals surface area contributed by atoms with Crippen LogP contribution in [-0.2, 0) is 6.54 Å². The fourth-order valence-electron chi connectivity index (χ4n) is 2.38. The third-order valence-corrected chi connectivity index (χ3v) is 2.89. The second-order valence-corrected chi connectivity index (χ2v) is 6.14. The van der Waals surface area contributed by atoms with Gasteiger partial charge in [-0.1, -0.05) is 51.7 Å². The summed E-state index contributed by atoms with van der Waals surface area (Å²) in [6.45, 7) is 12.2. The van der Waals surface area contributed by atoms with Gasteiger partial charge in [0.1, 0.15) is 6.61 Å². The van der Waals surface area contributed by atoms with Crippen molar-refractivity contribution in [1.82, 2.24) is 4.90 Å². The largest absolute Gasteiger partial charge is 0.384 e. The van der Waals surface area contributed by atoms with Gasteiger partial charge in [-0.05, 0) is 29.5 Å². The van der Waals surface area contributed by atoms with Gasteiger partial charge in [0.2, 0.25) is 0 Å². The maximum absolute atomic E-state index is 8.76. The first-order valence-electron chi connectivity index (χ1n) is 7.42. The van der Waals surface area contributed by atoms with Gasteiger partial charge in [-0.2, -0.15) is 0 Å². The van der Waals surface area contributed by atoms with Crippen molar-refractivity contribution in [2.75, 3.05) is 19.7 Å². The normalized spacial score (nSPS) is 11.0. The Morgan fingerprint density at radius 2 is 1.75 bits per heavy atom. The number of hydrogen-bond donors (Lipinski definition) is 1. The van der Waals surface area contributed by atoms with Crippen LogP contribution >= 0.6 is 0 Å². The van der Waals surface area contributed by atoms with Crippen molar-refractivity contribution in [2.24, 2.45) is 11.8 Å². The number of hydrogen-bond acceptors (Lipinski definition) is 2. The summed E-state index contributed by atoms with van der Waals surface area (Å²) in [7, 11) is 0. The van der Waals surface area contributed by atoms with E-state index in [-0.39, 0.29) is 6.61 Å². The van der Waals surface area contributed by atoms with Gasteiger partial charge in [0, 0.05) is 25.2 Å². The first kappa shape index (κ1) is 16.8. The molecule has 0 atom stereocenters. The maximum Gasteiger partial charge on any atom is 0.104 e. The van der Waals surface area contributed by atoms with E-state index >= 15 is 0 Å². The summed E-state index contributed by atoms with van der Waals surface area (Å²) in [5.41, 5.74) is 2.27. The zero-order chi connectivity index (χ0) is 15.0. The molecule has 1 aromatic rings. The van der Waals surface area contributed by atoms with Gasteiger partial charge in [-0.25, -0.2) is 0 Å². The summed E-state index contributed by atoms with van der Waals surface area (Å²) >= 11 is 0. The van der Waals surface area contributed by atoms with Crippen LogP contribution in [0.5, 0.6) is 0 Å². The third kappa shape index (κ3) is 6.75. The van der Waals surface area contributed by atoms with E-state index in [4.69, 9.17) is 5.11 Å². The molecule has 0 amide bonds. The molecule has 2 heteroatoms. The minimum absolute atomic E-state index is 0.0863. The van der Waals surface area contributed by atoms with Crippen molar-refractivity contribution < 1.29 is 5.11 Å². The quantitative estimate of drug-likeness (QED) is 0.805. The van der Waals surface area contributed by atoms with E-state index in [2.05, 4.69) is 56.6 Å². The molecule has 0 unspecified atom stereocenters. The monoisotopic (exact) mass is 273 g/mol. The topological polar surface area (TPSA) is 23.5 Å². The fourth-order valence-corrected chi connectivity index (χ4v) is 2.38. The number of nitrogens with zero attached hydrogens (tertiary/aromatic N) is 1. The summed E-state index contributed by atoms with van der Waals surface area (Å²) in [4.78, 5) is 2.51. The Labute approximate surface area is 123 Å². The van der Waals surface area contributed by atoms with Crippen LogP contribution in [0.1, 0.15) is 38.8 Å². The van der Waals surface area contributed by atoms with Crippen LogP contribution in [-0.4, -0.2) is 29.7 Å². The van der Waals surface area contributed by atoms with E-state index in [0.717, 1.165) is 25.2 Å². The summed E-state index contributed by atoms with van der Waals surface area (Å²) in [6.07, 6.45) is 0. The van der Waals surface area contributed by atoms with E-state index in [1.807, 2.05) is 12.1 Å². The molecule has 0 radical (unpaired) electrons. The zero-order valence-electron chi connectivity index (χ0n) is 13.2. The Bertz CT molecular complexity index is 444. The fraction of sp³-hybridized carbons (Fsp3) is 0.556. The van der Waals surface area contributed by atoms with Crippen molar-refractivity contribution in [3.63, 3.8) is 0 Å². The van der Waals surface area contributed by atoms with Gasteiger partial charge < -0.3 is 5.11 Å². The summed E-state index contributed by atoms with van der Waals surface area (Å²) < 4.78 is 0. The smallest absolute Gasteiger partial charge is 0.104 e. The average molecular weight is 273 g/mol. The van der Waals surface area contributed by atoms with E-state index in [0.29, 0.717) is 11.8 Å². The van der Waals surface area contributed by atoms with Crippen molar-refractivity contribution in [3.05, 3.63) is 35.4 Å². The van der Waals surface area contributed by atoms with Crippen LogP contribution in [0.2, 0.25) is 0 Å². The lowest BCUT2D eigenvalue weighted by molar-refractivity contribution is 0.211. The predicted molar refractivity (Wildman–Crippen MR) is 85.4 cm³/mol. The first-order valence-corrected chi connectivity index (χ1v) is 7.42. The van der Waals surface area contributed by atoms with Crippen LogP contribution in [0.25, 0.3) is 0 Å². The number of aliphatic hydroxyl groups excluding tert-OH is 1. The molecule has 0 aliphatic heterocycles. The van der Waals surface area contributed by atoms with Gasteiger partial charge in [-0.3, -0.25) is 4.90 Å². The second-order valence-electron chi connectivity index (χ2n) is 6.14. The molecule has 0 saturated carbocycles. The van der Waals surface area contributed by atoms with E-state index in [9.17, 15) is 0 Å². The molecular formula is C18H27NO. The van der Waals surface area contributed by atoms with Gasteiger partial charge in [0.15, 0.2) is 0 Å². The molecule has 1 aromatic carbocycles. The molecule has 0 aliphatic carbocycles. The second kappa shape index (κ2) is 8.79. The standard InChI is InChI=1S/C18H27NO/c1-15(2)12-19(13-16(3)4)14-18-8-5-7-17(11-18)9-6-10-20/h5,7-8,11,15-16,20H,10,12-14H2,1-4H3. The Hall–Kier alpha value is -1.30. The van der Waals surface area contributed by atoms with Crippen LogP contribution in [0, 0.1) is 23.7 Å². The molecule has 0 aliphatic rings. The van der Waals surface area contributed by atoms with Gasteiger partial charge in [0.25, 0.3) is 0 Å². The predicted octanol–water partition coefficient (Wildman–Crippen LogP) is 3.14. The minimum Gasteiger partial charge on any atom is -0.384 e. The molecule has 0 heterocycles. The van der Waals surface area contributed by atoms with E-state index < -0.39 is 0 Å². The van der Waals surface area contributed by atoms with Crippen LogP contribution in [0.4, 0.5) is 0 Å². The SMILES string of the molecule is CC(C)CN(Cc1cccc(C#CCO)c1)CC(C)C. The lowest BCUT2D eigenvalue weighted by Gasteiger charge is -2.26.